The van der Waals surface area contributed by atoms with Crippen LogP contribution in [0.15, 0.2) is 71.6 Å². The molecule has 0 radical (unpaired) electrons. The van der Waals surface area contributed by atoms with Gasteiger partial charge < -0.3 is 15.0 Å². The summed E-state index contributed by atoms with van der Waals surface area (Å²) in [6.07, 6.45) is 2.12. The van der Waals surface area contributed by atoms with Crippen LogP contribution in [0.25, 0.3) is 0 Å². The van der Waals surface area contributed by atoms with Crippen LogP contribution in [0.2, 0.25) is 0 Å². The van der Waals surface area contributed by atoms with Crippen LogP contribution in [0.3, 0.4) is 0 Å². The molecule has 3 aromatic rings. The Hall–Kier alpha value is -3.25. The van der Waals surface area contributed by atoms with Gasteiger partial charge in [0.05, 0.1) is 30.8 Å². The van der Waals surface area contributed by atoms with E-state index in [1.807, 2.05) is 67.3 Å². The Balaban J connectivity index is 1.48. The van der Waals surface area contributed by atoms with Gasteiger partial charge in [0.1, 0.15) is 11.0 Å². The minimum absolute atomic E-state index is 0.0292. The summed E-state index contributed by atoms with van der Waals surface area (Å²) < 4.78 is 5.75. The lowest BCUT2D eigenvalue weighted by Gasteiger charge is -2.36. The number of ether oxygens (including phenoxy) is 1. The largest absolute Gasteiger partial charge is 0.494 e. The molecule has 3 atom stereocenters. The topological polar surface area (TPSA) is 58.6 Å². The van der Waals surface area contributed by atoms with Crippen LogP contribution < -0.4 is 15.0 Å². The summed E-state index contributed by atoms with van der Waals surface area (Å²) in [6.45, 7) is 11.3. The third kappa shape index (κ3) is 6.41. The van der Waals surface area contributed by atoms with E-state index in [2.05, 4.69) is 44.3 Å². The number of benzene rings is 3. The summed E-state index contributed by atoms with van der Waals surface area (Å²) in [7, 11) is 0. The van der Waals surface area contributed by atoms with Gasteiger partial charge in [0.2, 0.25) is 11.8 Å². The molecule has 38 heavy (non-hydrogen) atoms. The maximum atomic E-state index is 13.8. The van der Waals surface area contributed by atoms with E-state index in [4.69, 9.17) is 4.74 Å². The Labute approximate surface area is 231 Å². The van der Waals surface area contributed by atoms with Crippen molar-refractivity contribution in [2.24, 2.45) is 5.92 Å². The van der Waals surface area contributed by atoms with E-state index in [1.54, 1.807) is 0 Å². The highest BCUT2D eigenvalue weighted by Crippen LogP contribution is 2.42. The second-order valence-corrected chi connectivity index (χ2v) is 11.3. The van der Waals surface area contributed by atoms with Crippen molar-refractivity contribution < 1.29 is 14.3 Å². The van der Waals surface area contributed by atoms with Crippen LogP contribution in [0.4, 0.5) is 5.69 Å². The van der Waals surface area contributed by atoms with Gasteiger partial charge in [0.25, 0.3) is 0 Å². The third-order valence-corrected chi connectivity index (χ3v) is 8.59. The quantitative estimate of drug-likeness (QED) is 0.287. The minimum Gasteiger partial charge on any atom is -0.494 e. The van der Waals surface area contributed by atoms with Gasteiger partial charge in [0, 0.05) is 4.90 Å². The number of carbonyl (C=O) groups is 2. The Morgan fingerprint density at radius 2 is 1.79 bits per heavy atom. The predicted molar refractivity (Wildman–Crippen MR) is 156 cm³/mol. The molecule has 3 aromatic carbocycles. The zero-order valence-corrected chi connectivity index (χ0v) is 23.8. The number of aryl methyl sites for hydroxylation is 2. The van der Waals surface area contributed by atoms with Gasteiger partial charge in [-0.25, -0.2) is 0 Å². The number of unbranched alkanes of at least 4 members (excludes halogenated alkanes) is 1. The van der Waals surface area contributed by atoms with Crippen LogP contribution in [-0.2, 0) is 16.1 Å². The number of carbonyl (C=O) groups excluding carboxylic acids is 2. The summed E-state index contributed by atoms with van der Waals surface area (Å²) in [5.74, 6) is 0.179. The van der Waals surface area contributed by atoms with Gasteiger partial charge in [-0.3, -0.25) is 9.59 Å². The molecule has 0 unspecified atom stereocenters. The monoisotopic (exact) mass is 530 g/mol. The van der Waals surface area contributed by atoms with Crippen molar-refractivity contribution in [1.82, 2.24) is 5.32 Å². The van der Waals surface area contributed by atoms with E-state index in [-0.39, 0.29) is 17.9 Å². The number of amides is 2. The molecule has 0 fully saturated rings. The molecule has 1 aliphatic rings. The molecular formula is C32H38N2O3S. The van der Waals surface area contributed by atoms with Crippen LogP contribution in [0, 0.1) is 19.8 Å². The number of hydrogen-bond acceptors (Lipinski definition) is 4. The molecule has 0 spiro atoms. The van der Waals surface area contributed by atoms with Crippen molar-refractivity contribution in [3.63, 3.8) is 0 Å². The number of thioether (sulfide) groups is 1. The Bertz CT molecular complexity index is 1270. The minimum atomic E-state index is -0.503. The van der Waals surface area contributed by atoms with Crippen molar-refractivity contribution >= 4 is 29.3 Å². The second kappa shape index (κ2) is 12.5. The first kappa shape index (κ1) is 27.8. The molecule has 6 heteroatoms. The molecule has 2 amide bonds. The smallest absolute Gasteiger partial charge is 0.241 e. The fraction of sp³-hybridized carbons (Fsp3) is 0.375. The molecule has 1 N–H and O–H groups in total. The molecular weight excluding hydrogens is 492 g/mol. The molecule has 0 saturated heterocycles. The Morgan fingerprint density at radius 1 is 1.05 bits per heavy atom. The summed E-state index contributed by atoms with van der Waals surface area (Å²) in [4.78, 5) is 30.1. The van der Waals surface area contributed by atoms with Crippen molar-refractivity contribution in [3.05, 3.63) is 89.0 Å². The lowest BCUT2D eigenvalue weighted by atomic mass is 10.0. The molecule has 1 aliphatic heterocycles. The number of para-hydroxylation sites is 1. The molecule has 5 nitrogen and oxygen atoms in total. The average Bonchev–Trinajstić information content (AvgIpc) is 2.92. The van der Waals surface area contributed by atoms with E-state index in [1.165, 1.54) is 11.8 Å². The number of rotatable bonds is 10. The fourth-order valence-corrected chi connectivity index (χ4v) is 5.90. The number of nitrogens with zero attached hydrogens (tertiary/aromatic N) is 1. The lowest BCUT2D eigenvalue weighted by Crippen LogP contribution is -2.47. The van der Waals surface area contributed by atoms with Crippen LogP contribution in [-0.4, -0.2) is 23.7 Å². The van der Waals surface area contributed by atoms with E-state index in [0.717, 1.165) is 51.4 Å². The zero-order chi connectivity index (χ0) is 27.2. The molecule has 0 aliphatic carbocycles. The molecule has 0 aromatic heterocycles. The number of fused-ring (bicyclic) bond motifs is 1. The van der Waals surface area contributed by atoms with Gasteiger partial charge in [-0.2, -0.15) is 0 Å². The van der Waals surface area contributed by atoms with E-state index in [0.29, 0.717) is 13.2 Å². The molecule has 4 rings (SSSR count). The maximum Gasteiger partial charge on any atom is 0.241 e. The maximum absolute atomic E-state index is 13.8. The summed E-state index contributed by atoms with van der Waals surface area (Å²) in [5, 5.41) is 2.62. The Morgan fingerprint density at radius 3 is 2.53 bits per heavy atom. The van der Waals surface area contributed by atoms with E-state index >= 15 is 0 Å². The lowest BCUT2D eigenvalue weighted by molar-refractivity contribution is -0.128. The van der Waals surface area contributed by atoms with Crippen molar-refractivity contribution in [1.29, 1.82) is 0 Å². The highest BCUT2D eigenvalue weighted by Gasteiger charge is 2.39. The average molecular weight is 531 g/mol. The second-order valence-electron chi connectivity index (χ2n) is 10.2. The van der Waals surface area contributed by atoms with Gasteiger partial charge in [0.15, 0.2) is 0 Å². The Kier molecular flexibility index (Phi) is 9.16. The fourth-order valence-electron chi connectivity index (χ4n) is 4.61. The highest BCUT2D eigenvalue weighted by atomic mass is 32.2. The van der Waals surface area contributed by atoms with Crippen molar-refractivity contribution in [2.45, 2.75) is 70.2 Å². The van der Waals surface area contributed by atoms with Crippen LogP contribution in [0.1, 0.15) is 61.9 Å². The molecule has 1 heterocycles. The first-order valence-corrected chi connectivity index (χ1v) is 14.3. The van der Waals surface area contributed by atoms with Crippen molar-refractivity contribution in [3.8, 4) is 5.75 Å². The van der Waals surface area contributed by atoms with Gasteiger partial charge in [-0.1, -0.05) is 68.3 Å². The standard InChI is InChI=1S/C32H38N2O3S/c1-6-7-18-37-27-16-14-25(15-17-27)24(5)33-31(35)23(4)30-32(36)34(28-10-8-9-11-29(28)38-30)20-26-19-21(2)12-13-22(26)3/h8-17,19,23-24,30H,6-7,18,20H2,1-5H3,(H,33,35)/t23-,24+,30-/m1/s1. The van der Waals surface area contributed by atoms with Crippen molar-refractivity contribution in [2.75, 3.05) is 11.5 Å². The summed E-state index contributed by atoms with van der Waals surface area (Å²) in [5.41, 5.74) is 5.33. The normalized spacial score (nSPS) is 16.5. The van der Waals surface area contributed by atoms with Gasteiger partial charge in [-0.05, 0) is 68.1 Å². The molecule has 0 bridgehead atoms. The predicted octanol–water partition coefficient (Wildman–Crippen LogP) is 7.00. The van der Waals surface area contributed by atoms with E-state index < -0.39 is 11.2 Å². The molecule has 200 valence electrons. The number of anilines is 1. The van der Waals surface area contributed by atoms with Crippen LogP contribution >= 0.6 is 11.8 Å². The third-order valence-electron chi connectivity index (χ3n) is 7.13. The van der Waals surface area contributed by atoms with Crippen LogP contribution in [0.5, 0.6) is 5.75 Å². The SMILES string of the molecule is CCCCOc1ccc([C@H](C)NC(=O)[C@H](C)[C@H]2Sc3ccccc3N(Cc3cc(C)ccc3C)C2=O)cc1. The van der Waals surface area contributed by atoms with Gasteiger partial charge >= 0.3 is 0 Å². The highest BCUT2D eigenvalue weighted by molar-refractivity contribution is 8.01. The first-order chi connectivity index (χ1) is 18.3. The summed E-state index contributed by atoms with van der Waals surface area (Å²) >= 11 is 1.49. The number of hydrogen-bond donors (Lipinski definition) is 1. The molecule has 0 saturated carbocycles. The first-order valence-electron chi connectivity index (χ1n) is 13.4. The van der Waals surface area contributed by atoms with E-state index in [9.17, 15) is 9.59 Å². The summed E-state index contributed by atoms with van der Waals surface area (Å²) in [6, 6.07) is 22.0. The number of nitrogens with one attached hydrogen (secondary N) is 1. The van der Waals surface area contributed by atoms with Gasteiger partial charge in [-0.15, -0.1) is 11.8 Å². The zero-order valence-electron chi connectivity index (χ0n) is 23.0.